The van der Waals surface area contributed by atoms with E-state index >= 15 is 0 Å². The van der Waals surface area contributed by atoms with Gasteiger partial charge in [0.05, 0.1) is 27.5 Å². The molecule has 9 aromatic carbocycles. The van der Waals surface area contributed by atoms with Gasteiger partial charge in [-0.05, 0) is 83.9 Å². The first-order valence-electron chi connectivity index (χ1n) is 21.4. The van der Waals surface area contributed by atoms with Crippen molar-refractivity contribution in [2.45, 2.75) is 6.17 Å². The second-order valence-electron chi connectivity index (χ2n) is 16.2. The fraction of sp³-hybridized carbons (Fsp3) is 0.0175. The summed E-state index contributed by atoms with van der Waals surface area (Å²) in [4.78, 5) is 10.2. The maximum atomic E-state index is 6.70. The Morgan fingerprint density at radius 1 is 0.429 bits per heavy atom. The average molecular weight is 808 g/mol. The molecule has 6 heteroatoms. The Bertz CT molecular complexity index is 3800. The molecule has 1 N–H and O–H groups in total. The number of aliphatic imine (C=N–C) groups is 2. The van der Waals surface area contributed by atoms with E-state index in [1.54, 1.807) is 0 Å². The minimum Gasteiger partial charge on any atom is -0.456 e. The Hall–Kier alpha value is -8.48. The Labute approximate surface area is 362 Å². The van der Waals surface area contributed by atoms with Crippen molar-refractivity contribution in [3.8, 4) is 22.5 Å². The third-order valence-corrected chi connectivity index (χ3v) is 12.6. The number of para-hydroxylation sites is 4. The van der Waals surface area contributed by atoms with Gasteiger partial charge in [0.2, 0.25) is 0 Å². The van der Waals surface area contributed by atoms with Crippen LogP contribution in [0.15, 0.2) is 227 Å². The first-order chi connectivity index (χ1) is 31.2. The summed E-state index contributed by atoms with van der Waals surface area (Å²) in [6.07, 6.45) is -0.271. The zero-order chi connectivity index (χ0) is 41.4. The number of nitrogens with one attached hydrogen (secondary N) is 1. The molecular weight excluding hydrogens is 771 g/mol. The molecule has 1 atom stereocenters. The first-order valence-corrected chi connectivity index (χ1v) is 21.4. The molecule has 12 aromatic rings. The standard InChI is InChI=1S/C57H37N5O/c1-4-15-36(16-5-1)55-58-56(37-17-6-2-7-18-37)60-57(59-55)38-27-30-41(31-28-38)62-49-26-13-11-22-44(49)46-32-34-51-52(54(46)62)47-35-39(29-33-50(47)63-51)42-23-14-24-45-43-21-10-12-25-48(43)61(53(42)45)40-19-8-3-9-20-40/h1-35,55H,(H,58,59,60). The van der Waals surface area contributed by atoms with E-state index in [1.165, 1.54) is 38.1 Å². The average Bonchev–Trinajstić information content (AvgIpc) is 4.02. The number of furan rings is 1. The molecule has 0 saturated heterocycles. The number of nitrogens with zero attached hydrogens (tertiary/aromatic N) is 4. The van der Waals surface area contributed by atoms with Gasteiger partial charge in [0.1, 0.15) is 23.2 Å². The van der Waals surface area contributed by atoms with Crippen molar-refractivity contribution in [3.05, 3.63) is 229 Å². The Morgan fingerprint density at radius 2 is 1.02 bits per heavy atom. The number of aromatic nitrogens is 2. The van der Waals surface area contributed by atoms with Crippen LogP contribution in [0.5, 0.6) is 0 Å². The van der Waals surface area contributed by atoms with Gasteiger partial charge in [0, 0.05) is 55.0 Å². The van der Waals surface area contributed by atoms with Gasteiger partial charge in [-0.2, -0.15) is 0 Å². The molecule has 0 spiro atoms. The quantitative estimate of drug-likeness (QED) is 0.182. The van der Waals surface area contributed by atoms with E-state index in [4.69, 9.17) is 14.4 Å². The normalized spacial score (nSPS) is 14.2. The molecule has 6 nitrogen and oxygen atoms in total. The third-order valence-electron chi connectivity index (χ3n) is 12.6. The van der Waals surface area contributed by atoms with E-state index in [0.29, 0.717) is 5.84 Å². The van der Waals surface area contributed by atoms with Crippen molar-refractivity contribution in [1.29, 1.82) is 0 Å². The molecular formula is C57H37N5O. The van der Waals surface area contributed by atoms with Crippen LogP contribution in [-0.4, -0.2) is 20.8 Å². The van der Waals surface area contributed by atoms with Gasteiger partial charge >= 0.3 is 0 Å². The molecule has 0 fully saturated rings. The fourth-order valence-corrected chi connectivity index (χ4v) is 9.74. The van der Waals surface area contributed by atoms with Gasteiger partial charge in [-0.3, -0.25) is 0 Å². The van der Waals surface area contributed by atoms with E-state index in [1.807, 2.05) is 36.4 Å². The van der Waals surface area contributed by atoms with E-state index in [-0.39, 0.29) is 6.17 Å². The molecule has 13 rings (SSSR count). The van der Waals surface area contributed by atoms with Gasteiger partial charge in [-0.15, -0.1) is 0 Å². The second kappa shape index (κ2) is 14.0. The summed E-state index contributed by atoms with van der Waals surface area (Å²) in [6.45, 7) is 0. The topological polar surface area (TPSA) is 59.8 Å². The van der Waals surface area contributed by atoms with Crippen molar-refractivity contribution in [3.63, 3.8) is 0 Å². The van der Waals surface area contributed by atoms with Gasteiger partial charge in [0.15, 0.2) is 5.84 Å². The highest BCUT2D eigenvalue weighted by molar-refractivity contribution is 6.25. The number of rotatable bonds is 6. The van der Waals surface area contributed by atoms with Crippen molar-refractivity contribution < 1.29 is 4.42 Å². The largest absolute Gasteiger partial charge is 0.456 e. The van der Waals surface area contributed by atoms with Crippen LogP contribution in [-0.2, 0) is 0 Å². The summed E-state index contributed by atoms with van der Waals surface area (Å²) < 4.78 is 11.5. The van der Waals surface area contributed by atoms with Gasteiger partial charge < -0.3 is 18.9 Å². The Kier molecular flexibility index (Phi) is 7.87. The maximum absolute atomic E-state index is 6.70. The minimum absolute atomic E-state index is 0.271. The SMILES string of the molecule is c1ccc(C2=NC(c3ccc(-n4c5ccccc5c5ccc6oc7ccc(-c8cccc9c%10ccccc%10n(-c%10ccccc%10)c89)cc7c6c54)cc3)=NC(c3ccccc3)N2)cc1. The van der Waals surface area contributed by atoms with Crippen LogP contribution in [0.3, 0.4) is 0 Å². The van der Waals surface area contributed by atoms with Crippen LogP contribution >= 0.6 is 0 Å². The smallest absolute Gasteiger partial charge is 0.159 e. The van der Waals surface area contributed by atoms with E-state index in [0.717, 1.165) is 72.4 Å². The molecule has 0 saturated carbocycles. The van der Waals surface area contributed by atoms with Crippen molar-refractivity contribution in [2.24, 2.45) is 9.98 Å². The molecule has 1 aliphatic heterocycles. The Balaban J connectivity index is 0.997. The number of fused-ring (bicyclic) bond motifs is 10. The summed E-state index contributed by atoms with van der Waals surface area (Å²) in [7, 11) is 0. The fourth-order valence-electron chi connectivity index (χ4n) is 9.74. The lowest BCUT2D eigenvalue weighted by Crippen LogP contribution is -2.33. The molecule has 63 heavy (non-hydrogen) atoms. The summed E-state index contributed by atoms with van der Waals surface area (Å²) in [5, 5.41) is 10.6. The van der Waals surface area contributed by atoms with Crippen LogP contribution < -0.4 is 5.32 Å². The van der Waals surface area contributed by atoms with Crippen LogP contribution in [0.4, 0.5) is 0 Å². The minimum atomic E-state index is -0.271. The molecule has 0 amide bonds. The zero-order valence-electron chi connectivity index (χ0n) is 34.0. The molecule has 1 unspecified atom stereocenters. The lowest BCUT2D eigenvalue weighted by molar-refractivity contribution is 0.669. The molecule has 296 valence electrons. The predicted octanol–water partition coefficient (Wildman–Crippen LogP) is 13.9. The van der Waals surface area contributed by atoms with Crippen LogP contribution in [0, 0.1) is 0 Å². The zero-order valence-corrected chi connectivity index (χ0v) is 34.0. The van der Waals surface area contributed by atoms with E-state index < -0.39 is 0 Å². The lowest BCUT2D eigenvalue weighted by Gasteiger charge is -2.23. The van der Waals surface area contributed by atoms with Crippen LogP contribution in [0.2, 0.25) is 0 Å². The van der Waals surface area contributed by atoms with Crippen molar-refractivity contribution in [2.75, 3.05) is 0 Å². The highest BCUT2D eigenvalue weighted by atomic mass is 16.3. The molecule has 1 aliphatic rings. The molecule has 0 aliphatic carbocycles. The number of hydrogen-bond donors (Lipinski definition) is 1. The first kappa shape index (κ1) is 35.3. The summed E-state index contributed by atoms with van der Waals surface area (Å²) in [6, 6.07) is 75.0. The van der Waals surface area contributed by atoms with Gasteiger partial charge in [0.25, 0.3) is 0 Å². The van der Waals surface area contributed by atoms with Crippen LogP contribution in [0.25, 0.3) is 88.1 Å². The highest BCUT2D eigenvalue weighted by Crippen LogP contribution is 2.44. The number of amidine groups is 2. The van der Waals surface area contributed by atoms with Crippen molar-refractivity contribution >= 4 is 77.2 Å². The highest BCUT2D eigenvalue weighted by Gasteiger charge is 2.23. The second-order valence-corrected chi connectivity index (χ2v) is 16.2. The molecule has 0 bridgehead atoms. The molecule has 3 aromatic heterocycles. The number of benzene rings is 9. The van der Waals surface area contributed by atoms with Gasteiger partial charge in [-0.25, -0.2) is 9.98 Å². The summed E-state index contributed by atoms with van der Waals surface area (Å²) in [5.74, 6) is 1.49. The molecule has 0 radical (unpaired) electrons. The molecule has 4 heterocycles. The monoisotopic (exact) mass is 807 g/mol. The van der Waals surface area contributed by atoms with E-state index in [2.05, 4.69) is 190 Å². The Morgan fingerprint density at radius 3 is 1.76 bits per heavy atom. The third kappa shape index (κ3) is 5.58. The van der Waals surface area contributed by atoms with Gasteiger partial charge in [-0.1, -0.05) is 140 Å². The maximum Gasteiger partial charge on any atom is 0.159 e. The lowest BCUT2D eigenvalue weighted by atomic mass is 9.99. The summed E-state index contributed by atoms with van der Waals surface area (Å²) in [5.41, 5.74) is 13.8. The van der Waals surface area contributed by atoms with Crippen LogP contribution in [0.1, 0.15) is 22.9 Å². The van der Waals surface area contributed by atoms with Crippen molar-refractivity contribution in [1.82, 2.24) is 14.5 Å². The number of hydrogen-bond acceptors (Lipinski definition) is 4. The summed E-state index contributed by atoms with van der Waals surface area (Å²) >= 11 is 0. The van der Waals surface area contributed by atoms with E-state index in [9.17, 15) is 0 Å². The predicted molar refractivity (Wildman–Crippen MR) is 260 cm³/mol.